The minimum Gasteiger partial charge on any atom is -0.746 e. The van der Waals surface area contributed by atoms with Gasteiger partial charge in [0, 0.05) is 0 Å². The number of quaternary nitrogens is 1. The van der Waals surface area contributed by atoms with Crippen LogP contribution in [0.5, 0.6) is 0 Å². The highest BCUT2D eigenvalue weighted by molar-refractivity contribution is 7.86. The number of halogens is 20. The molecule has 0 amide bonds. The first-order valence-corrected chi connectivity index (χ1v) is 12.9. The summed E-state index contributed by atoms with van der Waals surface area (Å²) in [5, 5.41) is 0. The summed E-state index contributed by atoms with van der Waals surface area (Å²) in [7, 11) is -7.57. The van der Waals surface area contributed by atoms with E-state index < -0.39 is 75.6 Å². The smallest absolute Gasteiger partial charge is 0.385 e. The lowest BCUT2D eigenvalue weighted by atomic mass is 9.87. The summed E-state index contributed by atoms with van der Waals surface area (Å²) in [4.78, 5) is 0. The molecule has 0 aromatic carbocycles. The highest BCUT2D eigenvalue weighted by Gasteiger charge is 2.96. The average Bonchev–Trinajstić information content (AvgIpc) is 2.88. The van der Waals surface area contributed by atoms with Gasteiger partial charge in [0.2, 0.25) is 6.17 Å². The maximum atomic E-state index is 13.4. The predicted octanol–water partition coefficient (Wildman–Crippen LogP) is 7.40. The van der Waals surface area contributed by atoms with Crippen LogP contribution in [0.2, 0.25) is 0 Å². The molecule has 0 saturated heterocycles. The van der Waals surface area contributed by atoms with Gasteiger partial charge in [0.05, 0.1) is 26.2 Å². The van der Waals surface area contributed by atoms with E-state index >= 15 is 0 Å². The van der Waals surface area contributed by atoms with Crippen LogP contribution in [-0.2, 0) is 10.1 Å². The molecule has 25 heteroatoms. The minimum atomic E-state index is -9.15. The summed E-state index contributed by atoms with van der Waals surface area (Å²) in [6.45, 7) is 14.2. The molecule has 268 valence electrons. The van der Waals surface area contributed by atoms with Crippen molar-refractivity contribution in [3.8, 4) is 0 Å². The van der Waals surface area contributed by atoms with Crippen LogP contribution in [0, 0.1) is 0 Å². The molecule has 0 saturated carbocycles. The summed E-state index contributed by atoms with van der Waals surface area (Å²) in [5.74, 6) is -69.5. The van der Waals surface area contributed by atoms with Gasteiger partial charge in [0.15, 0.2) is 0 Å². The van der Waals surface area contributed by atoms with E-state index in [1.165, 1.54) is 30.7 Å². The molecule has 0 aliphatic heterocycles. The Bertz CT molecular complexity index is 1030. The van der Waals surface area contributed by atoms with Crippen molar-refractivity contribution in [2.75, 3.05) is 26.2 Å². The van der Waals surface area contributed by atoms with Gasteiger partial charge in [-0.3, -0.25) is 0 Å². The maximum Gasteiger partial charge on any atom is 0.385 e. The van der Waals surface area contributed by atoms with Crippen molar-refractivity contribution < 1.29 is 105 Å². The lowest BCUT2D eigenvalue weighted by molar-refractivity contribution is -0.921. The molecular formula is C19H23F20NO3S. The van der Waals surface area contributed by atoms with Crippen molar-refractivity contribution >= 4 is 10.1 Å². The second-order valence-corrected chi connectivity index (χ2v) is 10.2. The van der Waals surface area contributed by atoms with Gasteiger partial charge in [-0.15, -0.1) is 0 Å². The molecule has 0 N–H and O–H groups in total. The Kier molecular flexibility index (Phi) is 13.5. The first-order valence-electron chi connectivity index (χ1n) is 11.4. The molecule has 2 atom stereocenters. The van der Waals surface area contributed by atoms with Gasteiger partial charge in [-0.1, -0.05) is 0 Å². The Morgan fingerprint density at radius 3 is 0.909 bits per heavy atom. The Hall–Kier alpha value is -1.53. The van der Waals surface area contributed by atoms with Crippen molar-refractivity contribution in [1.29, 1.82) is 0 Å². The molecule has 4 nitrogen and oxygen atoms in total. The third-order valence-electron chi connectivity index (χ3n) is 6.60. The zero-order valence-corrected chi connectivity index (χ0v) is 23.0. The highest BCUT2D eigenvalue weighted by Crippen LogP contribution is 2.64. The van der Waals surface area contributed by atoms with E-state index in [1.807, 2.05) is 0 Å². The van der Waals surface area contributed by atoms with Crippen LogP contribution < -0.4 is 0 Å². The van der Waals surface area contributed by atoms with E-state index in [0.29, 0.717) is 0 Å². The second kappa shape index (κ2) is 13.3. The fraction of sp³-hybridized carbons (Fsp3) is 1.00. The van der Waals surface area contributed by atoms with Gasteiger partial charge in [0.25, 0.3) is 11.9 Å². The molecule has 0 bridgehead atoms. The lowest BCUT2D eigenvalue weighted by Crippen LogP contribution is -2.76. The maximum absolute atomic E-state index is 13.4. The van der Waals surface area contributed by atoms with E-state index in [2.05, 4.69) is 27.7 Å². The topological polar surface area (TPSA) is 57.2 Å². The number of alkyl halides is 20. The van der Waals surface area contributed by atoms with Gasteiger partial charge in [0.1, 0.15) is 10.1 Å². The first-order chi connectivity index (χ1) is 19.0. The molecule has 0 aromatic rings. The molecule has 44 heavy (non-hydrogen) atoms. The van der Waals surface area contributed by atoms with E-state index in [-0.39, 0.29) is 0 Å². The lowest BCUT2D eigenvalue weighted by Gasteiger charge is -2.44. The quantitative estimate of drug-likeness (QED) is 0.101. The fourth-order valence-corrected chi connectivity index (χ4v) is 3.71. The van der Waals surface area contributed by atoms with Crippen LogP contribution in [0.25, 0.3) is 0 Å². The monoisotopic (exact) mass is 725 g/mol. The summed E-state index contributed by atoms with van der Waals surface area (Å²) in [6, 6.07) is 0. The number of rotatable bonds is 15. The molecule has 0 aromatic heterocycles. The van der Waals surface area contributed by atoms with E-state index in [0.717, 1.165) is 0 Å². The molecule has 0 heterocycles. The van der Waals surface area contributed by atoms with Crippen LogP contribution in [0.15, 0.2) is 0 Å². The van der Waals surface area contributed by atoms with Gasteiger partial charge in [-0.25, -0.2) is 26.0 Å². The molecule has 0 radical (unpaired) electrons. The zero-order chi connectivity index (χ0) is 36.6. The van der Waals surface area contributed by atoms with Crippen molar-refractivity contribution in [1.82, 2.24) is 0 Å². The van der Waals surface area contributed by atoms with E-state index in [1.54, 1.807) is 0 Å². The normalized spacial score (nSPS) is 16.9. The molecule has 2 unspecified atom stereocenters. The van der Waals surface area contributed by atoms with Crippen LogP contribution in [0.1, 0.15) is 27.7 Å². The Labute approximate surface area is 235 Å². The second-order valence-electron chi connectivity index (χ2n) is 8.84. The number of nitrogens with zero attached hydrogens (tertiary/aromatic N) is 1. The fourth-order valence-electron chi connectivity index (χ4n) is 3.20. The number of hydrogen-bond acceptors (Lipinski definition) is 3. The van der Waals surface area contributed by atoms with Crippen LogP contribution >= 0.6 is 0 Å². The summed E-state index contributed by atoms with van der Waals surface area (Å²) >= 11 is 0. The van der Waals surface area contributed by atoms with E-state index in [9.17, 15) is 101 Å². The van der Waals surface area contributed by atoms with Gasteiger partial charge < -0.3 is 9.04 Å². The SMILES string of the molecule is CC[N+](CC)(CC)CC.O=S(=O)([O-])C(F)C(F)(F)C(F)(F)C(F)(F)C(F)(F)C(F)(F)C(F)(F)C(F)(F)C(F)(F)C(F)C(F)F. The van der Waals surface area contributed by atoms with E-state index in [4.69, 9.17) is 0 Å². The Balaban J connectivity index is 0. The highest BCUT2D eigenvalue weighted by atomic mass is 32.2. The third kappa shape index (κ3) is 6.92. The van der Waals surface area contributed by atoms with Crippen molar-refractivity contribution in [2.45, 2.75) is 93.2 Å². The Morgan fingerprint density at radius 2 is 0.727 bits per heavy atom. The minimum absolute atomic E-state index is 1.28. The average molecular weight is 725 g/mol. The van der Waals surface area contributed by atoms with Crippen molar-refractivity contribution in [3.63, 3.8) is 0 Å². The standard InChI is InChI=1S/C11H4F20O3S.C8H20N/c12-1(2(13)14)4(16,17)6(20,21)8(24,25)10(28,29)11(30,31)9(26,27)7(22,23)5(18,19)3(15)35(32,33)34;1-5-9(6-2,7-3)8-4/h1-3H,(H,32,33,34);5-8H2,1-4H3/q;+1/p-1. The van der Waals surface area contributed by atoms with Crippen LogP contribution in [0.4, 0.5) is 87.8 Å². The summed E-state index contributed by atoms with van der Waals surface area (Å²) in [5.41, 5.74) is -6.22. The largest absolute Gasteiger partial charge is 0.746 e. The first kappa shape index (κ1) is 44.6. The van der Waals surface area contributed by atoms with Gasteiger partial charge in [-0.05, 0) is 27.7 Å². The molecular weight excluding hydrogens is 702 g/mol. The van der Waals surface area contributed by atoms with Gasteiger partial charge in [-0.2, -0.15) is 70.2 Å². The zero-order valence-electron chi connectivity index (χ0n) is 22.2. The molecule has 0 fully saturated rings. The molecule has 0 aliphatic carbocycles. The summed E-state index contributed by atoms with van der Waals surface area (Å²) < 4.78 is 292. The third-order valence-corrected chi connectivity index (χ3v) is 7.40. The van der Waals surface area contributed by atoms with Gasteiger partial charge >= 0.3 is 47.4 Å². The molecule has 0 rings (SSSR count). The molecule has 0 aliphatic rings. The van der Waals surface area contributed by atoms with Crippen LogP contribution in [-0.4, -0.2) is 109 Å². The number of hydrogen-bond donors (Lipinski definition) is 0. The summed E-state index contributed by atoms with van der Waals surface area (Å²) in [6.07, 6.45) is -11.4. The van der Waals surface area contributed by atoms with Crippen molar-refractivity contribution in [2.24, 2.45) is 0 Å². The van der Waals surface area contributed by atoms with Crippen LogP contribution in [0.3, 0.4) is 0 Å². The Morgan fingerprint density at radius 1 is 0.500 bits per heavy atom. The van der Waals surface area contributed by atoms with Crippen molar-refractivity contribution in [3.05, 3.63) is 0 Å². The predicted molar refractivity (Wildman–Crippen MR) is 107 cm³/mol. The molecule has 0 spiro atoms.